The molecule has 26 heavy (non-hydrogen) atoms. The Morgan fingerprint density at radius 1 is 0.923 bits per heavy atom. The van der Waals surface area contributed by atoms with Crippen LogP contribution in [0.1, 0.15) is 5.56 Å². The van der Waals surface area contributed by atoms with Crippen LogP contribution in [0, 0.1) is 0 Å². The van der Waals surface area contributed by atoms with Gasteiger partial charge in [0.25, 0.3) is 5.91 Å². The second-order valence-corrected chi connectivity index (χ2v) is 7.03. The Kier molecular flexibility index (Phi) is 6.70. The van der Waals surface area contributed by atoms with Gasteiger partial charge in [0.05, 0.1) is 25.0 Å². The largest absolute Gasteiger partial charge is 0.497 e. The van der Waals surface area contributed by atoms with Crippen LogP contribution < -0.4 is 20.3 Å². The van der Waals surface area contributed by atoms with E-state index in [0.29, 0.717) is 5.75 Å². The molecule has 3 N–H and O–H groups in total. The van der Waals surface area contributed by atoms with E-state index < -0.39 is 28.4 Å². The van der Waals surface area contributed by atoms with Gasteiger partial charge in [-0.05, 0) is 29.8 Å². The third-order valence-corrected chi connectivity index (χ3v) is 4.76. The summed E-state index contributed by atoms with van der Waals surface area (Å²) < 4.78 is 31.3. The summed E-state index contributed by atoms with van der Waals surface area (Å²) in [6.07, 6.45) is 0.0959. The van der Waals surface area contributed by atoms with Crippen LogP contribution in [-0.2, 0) is 26.0 Å². The van der Waals surface area contributed by atoms with Crippen LogP contribution in [0.3, 0.4) is 0 Å². The molecular formula is C17H19N3O5S. The third kappa shape index (κ3) is 5.87. The van der Waals surface area contributed by atoms with E-state index >= 15 is 0 Å². The molecule has 138 valence electrons. The second kappa shape index (κ2) is 8.97. The van der Waals surface area contributed by atoms with E-state index in [0.717, 1.165) is 5.56 Å². The number of hydrogen-bond donors (Lipinski definition) is 3. The minimum atomic E-state index is -3.85. The number of benzene rings is 2. The van der Waals surface area contributed by atoms with E-state index in [-0.39, 0.29) is 11.3 Å². The lowest BCUT2D eigenvalue weighted by molar-refractivity contribution is -0.127. The van der Waals surface area contributed by atoms with Gasteiger partial charge in [-0.1, -0.05) is 30.3 Å². The number of amides is 2. The highest BCUT2D eigenvalue weighted by atomic mass is 32.2. The van der Waals surface area contributed by atoms with Gasteiger partial charge in [0, 0.05) is 0 Å². The van der Waals surface area contributed by atoms with E-state index in [1.165, 1.54) is 31.4 Å². The molecule has 0 aliphatic heterocycles. The zero-order valence-electron chi connectivity index (χ0n) is 14.1. The van der Waals surface area contributed by atoms with Gasteiger partial charge < -0.3 is 4.74 Å². The van der Waals surface area contributed by atoms with Crippen molar-refractivity contribution in [1.82, 2.24) is 15.6 Å². The Balaban J connectivity index is 1.79. The number of methoxy groups -OCH3 is 1. The normalized spacial score (nSPS) is 10.8. The molecule has 0 heterocycles. The molecule has 0 radical (unpaired) electrons. The van der Waals surface area contributed by atoms with E-state index in [9.17, 15) is 18.0 Å². The summed E-state index contributed by atoms with van der Waals surface area (Å²) in [7, 11) is -2.38. The minimum Gasteiger partial charge on any atom is -0.497 e. The molecule has 0 spiro atoms. The molecule has 0 fully saturated rings. The monoisotopic (exact) mass is 377 g/mol. The smallest absolute Gasteiger partial charge is 0.253 e. The molecule has 2 aromatic rings. The maximum Gasteiger partial charge on any atom is 0.253 e. The summed E-state index contributed by atoms with van der Waals surface area (Å²) in [6.45, 7) is -0.514. The molecule has 0 bridgehead atoms. The fraction of sp³-hybridized carbons (Fsp3) is 0.176. The van der Waals surface area contributed by atoms with Crippen molar-refractivity contribution in [2.45, 2.75) is 11.3 Å². The molecule has 0 aliphatic carbocycles. The Hall–Kier alpha value is -2.91. The first kappa shape index (κ1) is 19.4. The number of nitrogens with one attached hydrogen (secondary N) is 3. The van der Waals surface area contributed by atoms with Crippen LogP contribution in [0.15, 0.2) is 59.5 Å². The van der Waals surface area contributed by atoms with Gasteiger partial charge >= 0.3 is 0 Å². The standard InChI is InChI=1S/C17H19N3O5S/c1-25-14-7-9-15(10-8-14)26(23,24)18-12-17(22)20-19-16(21)11-13-5-3-2-4-6-13/h2-10,18H,11-12H2,1H3,(H,19,21)(H,20,22). The van der Waals surface area contributed by atoms with Crippen LogP contribution in [0.4, 0.5) is 0 Å². The SMILES string of the molecule is COc1ccc(S(=O)(=O)NCC(=O)NNC(=O)Cc2ccccc2)cc1. The molecule has 0 aromatic heterocycles. The average Bonchev–Trinajstić information content (AvgIpc) is 2.65. The molecule has 2 rings (SSSR count). The summed E-state index contributed by atoms with van der Waals surface area (Å²) in [5.41, 5.74) is 5.18. The minimum absolute atomic E-state index is 0.000729. The van der Waals surface area contributed by atoms with Crippen LogP contribution in [0.2, 0.25) is 0 Å². The number of hydrogen-bond acceptors (Lipinski definition) is 5. The third-order valence-electron chi connectivity index (χ3n) is 3.34. The predicted octanol–water partition coefficient (Wildman–Crippen LogP) is 0.364. The Bertz CT molecular complexity index is 852. The molecular weight excluding hydrogens is 358 g/mol. The van der Waals surface area contributed by atoms with Crippen molar-refractivity contribution in [2.75, 3.05) is 13.7 Å². The molecule has 9 heteroatoms. The fourth-order valence-corrected chi connectivity index (χ4v) is 2.99. The maximum atomic E-state index is 12.1. The summed E-state index contributed by atoms with van der Waals surface area (Å²) in [5.74, 6) is -0.589. The van der Waals surface area contributed by atoms with Crippen LogP contribution in [0.25, 0.3) is 0 Å². The van der Waals surface area contributed by atoms with Crippen molar-refractivity contribution in [3.05, 3.63) is 60.2 Å². The van der Waals surface area contributed by atoms with E-state index in [2.05, 4.69) is 15.6 Å². The van der Waals surface area contributed by atoms with Crippen molar-refractivity contribution in [2.24, 2.45) is 0 Å². The van der Waals surface area contributed by atoms with Crippen molar-refractivity contribution in [3.63, 3.8) is 0 Å². The molecule has 0 saturated heterocycles. The molecule has 0 saturated carbocycles. The predicted molar refractivity (Wildman–Crippen MR) is 94.6 cm³/mol. The average molecular weight is 377 g/mol. The lowest BCUT2D eigenvalue weighted by Crippen LogP contribution is -2.46. The van der Waals surface area contributed by atoms with Crippen molar-refractivity contribution < 1.29 is 22.7 Å². The van der Waals surface area contributed by atoms with Gasteiger partial charge in [-0.25, -0.2) is 13.1 Å². The van der Waals surface area contributed by atoms with E-state index in [4.69, 9.17) is 4.74 Å². The molecule has 2 aromatic carbocycles. The Labute approximate surface area is 151 Å². The fourth-order valence-electron chi connectivity index (χ4n) is 2.01. The highest BCUT2D eigenvalue weighted by molar-refractivity contribution is 7.89. The maximum absolute atomic E-state index is 12.1. The van der Waals surface area contributed by atoms with E-state index in [1.807, 2.05) is 6.07 Å². The highest BCUT2D eigenvalue weighted by Crippen LogP contribution is 2.14. The number of sulfonamides is 1. The number of rotatable bonds is 7. The second-order valence-electron chi connectivity index (χ2n) is 5.26. The zero-order chi connectivity index (χ0) is 19.0. The van der Waals surface area contributed by atoms with Crippen LogP contribution >= 0.6 is 0 Å². The number of carbonyl (C=O) groups excluding carboxylic acids is 2. The zero-order valence-corrected chi connectivity index (χ0v) is 14.9. The summed E-state index contributed by atoms with van der Waals surface area (Å²) in [4.78, 5) is 23.4. The summed E-state index contributed by atoms with van der Waals surface area (Å²) >= 11 is 0. The Morgan fingerprint density at radius 2 is 1.54 bits per heavy atom. The molecule has 0 unspecified atom stereocenters. The molecule has 2 amide bonds. The van der Waals surface area contributed by atoms with Gasteiger partial charge in [-0.2, -0.15) is 0 Å². The van der Waals surface area contributed by atoms with Crippen molar-refractivity contribution in [3.8, 4) is 5.75 Å². The summed E-state index contributed by atoms with van der Waals surface area (Å²) in [6, 6.07) is 14.7. The van der Waals surface area contributed by atoms with Crippen molar-refractivity contribution >= 4 is 21.8 Å². The molecule has 0 atom stereocenters. The first-order valence-corrected chi connectivity index (χ1v) is 9.14. The topological polar surface area (TPSA) is 114 Å². The highest BCUT2D eigenvalue weighted by Gasteiger charge is 2.15. The summed E-state index contributed by atoms with van der Waals surface area (Å²) in [5, 5.41) is 0. The van der Waals surface area contributed by atoms with Gasteiger partial charge in [-0.3, -0.25) is 20.4 Å². The van der Waals surface area contributed by atoms with Gasteiger partial charge in [-0.15, -0.1) is 0 Å². The number of carbonyl (C=O) groups is 2. The van der Waals surface area contributed by atoms with Gasteiger partial charge in [0.2, 0.25) is 15.9 Å². The number of ether oxygens (including phenoxy) is 1. The molecule has 8 nitrogen and oxygen atoms in total. The van der Waals surface area contributed by atoms with Crippen LogP contribution in [-0.4, -0.2) is 33.9 Å². The molecule has 0 aliphatic rings. The van der Waals surface area contributed by atoms with E-state index in [1.54, 1.807) is 24.3 Å². The lowest BCUT2D eigenvalue weighted by Gasteiger charge is -2.09. The first-order chi connectivity index (χ1) is 12.4. The quantitative estimate of drug-likeness (QED) is 0.603. The van der Waals surface area contributed by atoms with Gasteiger partial charge in [0.15, 0.2) is 0 Å². The number of hydrazine groups is 1. The Morgan fingerprint density at radius 3 is 2.15 bits per heavy atom. The van der Waals surface area contributed by atoms with Crippen LogP contribution in [0.5, 0.6) is 5.75 Å². The lowest BCUT2D eigenvalue weighted by atomic mass is 10.1. The van der Waals surface area contributed by atoms with Crippen molar-refractivity contribution in [1.29, 1.82) is 0 Å². The first-order valence-electron chi connectivity index (χ1n) is 7.66. The van der Waals surface area contributed by atoms with Gasteiger partial charge in [0.1, 0.15) is 5.75 Å².